The van der Waals surface area contributed by atoms with Gasteiger partial charge in [-0.05, 0) is 86.1 Å². The van der Waals surface area contributed by atoms with Gasteiger partial charge in [-0.2, -0.15) is 11.8 Å². The van der Waals surface area contributed by atoms with Crippen LogP contribution in [-0.4, -0.2) is 26.9 Å². The third kappa shape index (κ3) is 7.97. The number of rotatable bonds is 10. The fourth-order valence-corrected chi connectivity index (χ4v) is 6.49. The molecule has 2 unspecified atom stereocenters. The van der Waals surface area contributed by atoms with E-state index in [0.29, 0.717) is 17.9 Å². The van der Waals surface area contributed by atoms with Crippen molar-refractivity contribution in [3.05, 3.63) is 111 Å². The van der Waals surface area contributed by atoms with Gasteiger partial charge >= 0.3 is 5.97 Å². The van der Waals surface area contributed by atoms with Gasteiger partial charge < -0.3 is 10.2 Å². The van der Waals surface area contributed by atoms with Crippen molar-refractivity contribution >= 4 is 44.6 Å². The van der Waals surface area contributed by atoms with Crippen molar-refractivity contribution in [3.8, 4) is 11.8 Å². The molecule has 4 nitrogen and oxygen atoms in total. The maximum atomic E-state index is 11.7. The summed E-state index contributed by atoms with van der Waals surface area (Å²) in [4.78, 5) is 16.4. The number of hydrogen-bond donors (Lipinski definition) is 2. The molecule has 1 aromatic heterocycles. The highest BCUT2D eigenvalue weighted by Crippen LogP contribution is 2.36. The summed E-state index contributed by atoms with van der Waals surface area (Å²) >= 11 is 5.19. The number of aliphatic hydroxyl groups is 1. The molecule has 1 heterocycles. The second kappa shape index (κ2) is 13.5. The molecule has 0 spiro atoms. The Balaban J connectivity index is 1.59. The number of aromatic nitrogens is 1. The second-order valence-electron chi connectivity index (χ2n) is 10.4. The largest absolute Gasteiger partial charge is 0.481 e. The predicted octanol–water partition coefficient (Wildman–Crippen LogP) is 8.14. The highest BCUT2D eigenvalue weighted by atomic mass is 79.9. The summed E-state index contributed by atoms with van der Waals surface area (Å²) in [6.07, 6.45) is 2.18. The molecule has 40 heavy (non-hydrogen) atoms. The Bertz CT molecular complexity index is 1550. The zero-order valence-corrected chi connectivity index (χ0v) is 25.4. The zero-order chi connectivity index (χ0) is 28.7. The normalized spacial score (nSPS) is 12.9. The van der Waals surface area contributed by atoms with Crippen LogP contribution in [0.3, 0.4) is 0 Å². The van der Waals surface area contributed by atoms with Gasteiger partial charge in [0.05, 0.1) is 17.0 Å². The number of aryl methyl sites for hydroxylation is 1. The molecule has 0 saturated carbocycles. The van der Waals surface area contributed by atoms with Crippen molar-refractivity contribution in [2.45, 2.75) is 50.9 Å². The lowest BCUT2D eigenvalue weighted by molar-refractivity contribution is -0.140. The first-order valence-electron chi connectivity index (χ1n) is 13.5. The minimum Gasteiger partial charge on any atom is -0.481 e. The van der Waals surface area contributed by atoms with Gasteiger partial charge in [-0.25, -0.2) is 4.98 Å². The number of carboxylic acids is 1. The van der Waals surface area contributed by atoms with Crippen molar-refractivity contribution in [3.63, 3.8) is 0 Å². The van der Waals surface area contributed by atoms with E-state index in [0.717, 1.165) is 50.5 Å². The third-order valence-corrected chi connectivity index (χ3v) is 8.94. The summed E-state index contributed by atoms with van der Waals surface area (Å²) in [5.41, 5.74) is 4.70. The van der Waals surface area contributed by atoms with E-state index in [-0.39, 0.29) is 5.25 Å². The smallest absolute Gasteiger partial charge is 0.307 e. The number of benzene rings is 3. The Kier molecular flexibility index (Phi) is 10.1. The average molecular weight is 617 g/mol. The Labute approximate surface area is 249 Å². The van der Waals surface area contributed by atoms with Gasteiger partial charge in [0, 0.05) is 26.4 Å². The lowest BCUT2D eigenvalue weighted by Gasteiger charge is -2.24. The summed E-state index contributed by atoms with van der Waals surface area (Å²) in [5.74, 6) is 5.87. The minimum absolute atomic E-state index is 0.0844. The highest BCUT2D eigenvalue weighted by molar-refractivity contribution is 9.10. The van der Waals surface area contributed by atoms with Crippen molar-refractivity contribution in [2.24, 2.45) is 5.92 Å². The molecule has 206 valence electrons. The first-order valence-corrected chi connectivity index (χ1v) is 15.3. The van der Waals surface area contributed by atoms with Gasteiger partial charge in [0.15, 0.2) is 0 Å². The molecule has 0 amide bonds. The van der Waals surface area contributed by atoms with E-state index in [2.05, 4.69) is 46.0 Å². The van der Waals surface area contributed by atoms with E-state index in [4.69, 9.17) is 4.98 Å². The maximum absolute atomic E-state index is 11.7. The Morgan fingerprint density at radius 2 is 1.80 bits per heavy atom. The number of halogens is 1. The molecule has 0 fully saturated rings. The van der Waals surface area contributed by atoms with Crippen LogP contribution in [0, 0.1) is 17.8 Å². The minimum atomic E-state index is -0.932. The third-order valence-electron chi connectivity index (χ3n) is 6.94. The van der Waals surface area contributed by atoms with E-state index in [1.54, 1.807) is 11.8 Å². The monoisotopic (exact) mass is 615 g/mol. The highest BCUT2D eigenvalue weighted by Gasteiger charge is 2.22. The molecule has 4 aromatic rings. The number of carbonyl (C=O) groups is 1. The van der Waals surface area contributed by atoms with E-state index < -0.39 is 17.5 Å². The quantitative estimate of drug-likeness (QED) is 0.176. The lowest BCUT2D eigenvalue weighted by atomic mass is 9.90. The molecule has 4 rings (SSSR count). The molecular weight excluding hydrogens is 582 g/mol. The Morgan fingerprint density at radius 3 is 2.55 bits per heavy atom. The van der Waals surface area contributed by atoms with E-state index in [1.807, 2.05) is 81.4 Å². The number of nitrogens with zero attached hydrogens (tertiary/aromatic N) is 1. The molecule has 0 radical (unpaired) electrons. The predicted molar refractivity (Wildman–Crippen MR) is 168 cm³/mol. The molecule has 2 atom stereocenters. The first-order chi connectivity index (χ1) is 19.1. The fourth-order valence-electron chi connectivity index (χ4n) is 4.68. The summed E-state index contributed by atoms with van der Waals surface area (Å²) < 4.78 is 0.979. The summed E-state index contributed by atoms with van der Waals surface area (Å²) in [5, 5.41) is 21.5. The topological polar surface area (TPSA) is 70.4 Å². The average Bonchev–Trinajstić information content (AvgIpc) is 2.93. The van der Waals surface area contributed by atoms with Gasteiger partial charge in [0.2, 0.25) is 0 Å². The van der Waals surface area contributed by atoms with Crippen LogP contribution in [0.2, 0.25) is 0 Å². The van der Waals surface area contributed by atoms with Crippen LogP contribution in [0.1, 0.15) is 66.8 Å². The van der Waals surface area contributed by atoms with Crippen LogP contribution in [0.5, 0.6) is 0 Å². The van der Waals surface area contributed by atoms with Crippen molar-refractivity contribution in [2.75, 3.05) is 5.75 Å². The lowest BCUT2D eigenvalue weighted by Crippen LogP contribution is -2.18. The Hall–Kier alpha value is -3.11. The number of carboxylic acid groups (broad SMARTS) is 1. The van der Waals surface area contributed by atoms with Gasteiger partial charge in [0.1, 0.15) is 5.69 Å². The summed E-state index contributed by atoms with van der Waals surface area (Å²) in [7, 11) is 0. The molecule has 0 bridgehead atoms. The van der Waals surface area contributed by atoms with Crippen LogP contribution in [0.25, 0.3) is 10.9 Å². The number of fused-ring (bicyclic) bond motifs is 1. The zero-order valence-electron chi connectivity index (χ0n) is 23.0. The van der Waals surface area contributed by atoms with Crippen LogP contribution >= 0.6 is 27.7 Å². The van der Waals surface area contributed by atoms with Gasteiger partial charge in [-0.15, -0.1) is 0 Å². The van der Waals surface area contributed by atoms with Crippen molar-refractivity contribution in [1.29, 1.82) is 0 Å². The van der Waals surface area contributed by atoms with Crippen molar-refractivity contribution in [1.82, 2.24) is 4.98 Å². The van der Waals surface area contributed by atoms with Gasteiger partial charge in [-0.3, -0.25) is 4.79 Å². The first kappa shape index (κ1) is 29.9. The second-order valence-corrected chi connectivity index (χ2v) is 12.6. The van der Waals surface area contributed by atoms with E-state index >= 15 is 0 Å². The van der Waals surface area contributed by atoms with E-state index in [9.17, 15) is 15.0 Å². The molecule has 0 aliphatic carbocycles. The molecular formula is C34H34BrNO3S. The molecule has 0 aliphatic heterocycles. The standard InChI is InChI=1S/C34H34BrNO3S/c1-4-24(33(37)38)22-40-32(19-15-25-9-5-6-11-30(25)34(2,3)39)27-10-7-8-23(20-27)12-17-29-18-14-26-13-16-28(35)21-31(26)36-29/h5-11,13-14,16,18,20-21,24,32,39H,4,15,19,22H2,1-3H3,(H,37,38). The summed E-state index contributed by atoms with van der Waals surface area (Å²) in [6.45, 7) is 5.54. The van der Waals surface area contributed by atoms with Crippen LogP contribution in [0.4, 0.5) is 0 Å². The van der Waals surface area contributed by atoms with Crippen LogP contribution in [0.15, 0.2) is 83.3 Å². The molecule has 6 heteroatoms. The molecule has 3 aromatic carbocycles. The number of aliphatic carboxylic acids is 1. The van der Waals surface area contributed by atoms with E-state index in [1.165, 1.54) is 0 Å². The SMILES string of the molecule is CCC(CSC(CCc1ccccc1C(C)(C)O)c1cccc(C#Cc2ccc3ccc(Br)cc3n2)c1)C(=O)O. The summed E-state index contributed by atoms with van der Waals surface area (Å²) in [6, 6.07) is 26.2. The molecule has 2 N–H and O–H groups in total. The Morgan fingerprint density at radius 1 is 1.02 bits per heavy atom. The number of pyridine rings is 1. The molecule has 0 aliphatic rings. The van der Waals surface area contributed by atoms with Gasteiger partial charge in [0.25, 0.3) is 0 Å². The fraction of sp³-hybridized carbons (Fsp3) is 0.294. The number of thioether (sulfide) groups is 1. The number of hydrogen-bond acceptors (Lipinski definition) is 4. The van der Waals surface area contributed by atoms with Crippen LogP contribution in [-0.2, 0) is 16.8 Å². The van der Waals surface area contributed by atoms with Crippen LogP contribution < -0.4 is 0 Å². The maximum Gasteiger partial charge on any atom is 0.307 e. The molecule has 0 saturated heterocycles. The van der Waals surface area contributed by atoms with Crippen molar-refractivity contribution < 1.29 is 15.0 Å². The van der Waals surface area contributed by atoms with Gasteiger partial charge in [-0.1, -0.05) is 77.3 Å².